The molecule has 1 aliphatic carbocycles. The van der Waals surface area contributed by atoms with Gasteiger partial charge in [0.25, 0.3) is 0 Å². The molecular formula is C14H25N3. The van der Waals surface area contributed by atoms with Gasteiger partial charge in [0.1, 0.15) is 0 Å². The van der Waals surface area contributed by atoms with E-state index < -0.39 is 0 Å². The molecular weight excluding hydrogens is 210 g/mol. The Morgan fingerprint density at radius 3 is 3.00 bits per heavy atom. The summed E-state index contributed by atoms with van der Waals surface area (Å²) < 4.78 is 2.04. The van der Waals surface area contributed by atoms with E-state index in [2.05, 4.69) is 37.4 Å². The van der Waals surface area contributed by atoms with Gasteiger partial charge in [-0.25, -0.2) is 0 Å². The molecule has 3 nitrogen and oxygen atoms in total. The number of aryl methyl sites for hydroxylation is 1. The quantitative estimate of drug-likeness (QED) is 0.850. The van der Waals surface area contributed by atoms with Crippen LogP contribution in [-0.4, -0.2) is 15.8 Å². The summed E-state index contributed by atoms with van der Waals surface area (Å²) in [6.45, 7) is 8.91. The number of rotatable bonds is 5. The molecule has 1 atom stereocenters. The fourth-order valence-corrected chi connectivity index (χ4v) is 2.72. The molecule has 0 saturated heterocycles. The summed E-state index contributed by atoms with van der Waals surface area (Å²) in [7, 11) is 0. The van der Waals surface area contributed by atoms with E-state index in [0.717, 1.165) is 19.5 Å². The Morgan fingerprint density at radius 1 is 1.53 bits per heavy atom. The van der Waals surface area contributed by atoms with Gasteiger partial charge in [-0.15, -0.1) is 0 Å². The van der Waals surface area contributed by atoms with Crippen LogP contribution in [0.2, 0.25) is 0 Å². The first kappa shape index (κ1) is 12.6. The van der Waals surface area contributed by atoms with Gasteiger partial charge in [0.15, 0.2) is 0 Å². The average Bonchev–Trinajstić information content (AvgIpc) is 2.83. The van der Waals surface area contributed by atoms with Crippen molar-refractivity contribution in [1.82, 2.24) is 15.1 Å². The van der Waals surface area contributed by atoms with Crippen molar-refractivity contribution in [3.05, 3.63) is 18.0 Å². The molecule has 0 radical (unpaired) electrons. The lowest BCUT2D eigenvalue weighted by Gasteiger charge is -2.17. The summed E-state index contributed by atoms with van der Waals surface area (Å²) >= 11 is 0. The van der Waals surface area contributed by atoms with Crippen molar-refractivity contribution in [2.45, 2.75) is 65.6 Å². The van der Waals surface area contributed by atoms with E-state index in [-0.39, 0.29) is 0 Å². The normalized spacial score (nSPS) is 23.1. The van der Waals surface area contributed by atoms with E-state index in [1.54, 1.807) is 0 Å². The maximum absolute atomic E-state index is 4.36. The Balaban J connectivity index is 1.78. The molecule has 3 heteroatoms. The van der Waals surface area contributed by atoms with Gasteiger partial charge in [-0.3, -0.25) is 4.68 Å². The second-order valence-corrected chi connectivity index (χ2v) is 6.10. The Hall–Kier alpha value is -0.830. The lowest BCUT2D eigenvalue weighted by atomic mass is 9.92. The Morgan fingerprint density at radius 2 is 2.35 bits per heavy atom. The van der Waals surface area contributed by atoms with Crippen LogP contribution in [0.1, 0.15) is 52.0 Å². The van der Waals surface area contributed by atoms with Crippen molar-refractivity contribution >= 4 is 0 Å². The highest BCUT2D eigenvalue weighted by molar-refractivity contribution is 5.04. The van der Waals surface area contributed by atoms with E-state index in [1.807, 2.05) is 10.9 Å². The zero-order chi connectivity index (χ0) is 12.3. The van der Waals surface area contributed by atoms with Gasteiger partial charge in [-0.05, 0) is 31.1 Å². The fraction of sp³-hybridized carbons (Fsp3) is 0.786. The van der Waals surface area contributed by atoms with Gasteiger partial charge in [0.05, 0.1) is 6.20 Å². The van der Waals surface area contributed by atoms with Gasteiger partial charge < -0.3 is 5.32 Å². The summed E-state index contributed by atoms with van der Waals surface area (Å²) in [5, 5.41) is 8.01. The number of hydrogen-bond acceptors (Lipinski definition) is 2. The first-order valence-electron chi connectivity index (χ1n) is 6.84. The third kappa shape index (κ3) is 3.56. The van der Waals surface area contributed by atoms with Crippen molar-refractivity contribution in [2.24, 2.45) is 5.41 Å². The molecule has 0 aliphatic heterocycles. The summed E-state index contributed by atoms with van der Waals surface area (Å²) in [6.07, 6.45) is 9.26. The van der Waals surface area contributed by atoms with Crippen LogP contribution < -0.4 is 5.32 Å². The highest BCUT2D eigenvalue weighted by atomic mass is 15.3. The average molecular weight is 235 g/mol. The molecule has 1 unspecified atom stereocenters. The number of hydrogen-bond donors (Lipinski definition) is 1. The van der Waals surface area contributed by atoms with Crippen LogP contribution >= 0.6 is 0 Å². The van der Waals surface area contributed by atoms with Crippen molar-refractivity contribution in [3.8, 4) is 0 Å². The largest absolute Gasteiger partial charge is 0.310 e. The SMILES string of the molecule is CCCn1cc(CNC2CCC(C)(C)C2)cn1. The Bertz CT molecular complexity index is 354. The minimum Gasteiger partial charge on any atom is -0.310 e. The molecule has 17 heavy (non-hydrogen) atoms. The molecule has 1 aromatic rings. The van der Waals surface area contributed by atoms with Crippen LogP contribution in [0.3, 0.4) is 0 Å². The van der Waals surface area contributed by atoms with E-state index in [4.69, 9.17) is 0 Å². The van der Waals surface area contributed by atoms with Crippen LogP contribution in [-0.2, 0) is 13.1 Å². The fourth-order valence-electron chi connectivity index (χ4n) is 2.72. The predicted octanol–water partition coefficient (Wildman–Crippen LogP) is 2.96. The second kappa shape index (κ2) is 5.21. The summed E-state index contributed by atoms with van der Waals surface area (Å²) in [6, 6.07) is 0.694. The zero-order valence-electron chi connectivity index (χ0n) is 11.4. The highest BCUT2D eigenvalue weighted by Gasteiger charge is 2.30. The van der Waals surface area contributed by atoms with E-state index in [9.17, 15) is 0 Å². The Kier molecular flexibility index (Phi) is 3.87. The number of nitrogens with one attached hydrogen (secondary N) is 1. The van der Waals surface area contributed by atoms with E-state index >= 15 is 0 Å². The van der Waals surface area contributed by atoms with Crippen molar-refractivity contribution < 1.29 is 0 Å². The summed E-state index contributed by atoms with van der Waals surface area (Å²) in [5.74, 6) is 0. The van der Waals surface area contributed by atoms with Gasteiger partial charge in [0.2, 0.25) is 0 Å². The molecule has 1 fully saturated rings. The van der Waals surface area contributed by atoms with Crippen molar-refractivity contribution in [2.75, 3.05) is 0 Å². The molecule has 1 aromatic heterocycles. The Labute approximate surface area is 105 Å². The minimum absolute atomic E-state index is 0.532. The van der Waals surface area contributed by atoms with Gasteiger partial charge in [0, 0.05) is 30.9 Å². The molecule has 1 heterocycles. The maximum atomic E-state index is 4.36. The predicted molar refractivity (Wildman–Crippen MR) is 70.8 cm³/mol. The molecule has 1 saturated carbocycles. The number of aromatic nitrogens is 2. The third-order valence-electron chi connectivity index (χ3n) is 3.70. The molecule has 96 valence electrons. The van der Waals surface area contributed by atoms with Gasteiger partial charge >= 0.3 is 0 Å². The lowest BCUT2D eigenvalue weighted by Crippen LogP contribution is -2.26. The molecule has 1 N–H and O–H groups in total. The third-order valence-corrected chi connectivity index (χ3v) is 3.70. The summed E-state index contributed by atoms with van der Waals surface area (Å²) in [4.78, 5) is 0. The first-order chi connectivity index (χ1) is 8.09. The standard InChI is InChI=1S/C14H25N3/c1-4-7-17-11-12(10-16-17)9-15-13-5-6-14(2,3)8-13/h10-11,13,15H,4-9H2,1-3H3. The monoisotopic (exact) mass is 235 g/mol. The van der Waals surface area contributed by atoms with Crippen molar-refractivity contribution in [3.63, 3.8) is 0 Å². The molecule has 0 aromatic carbocycles. The van der Waals surface area contributed by atoms with Gasteiger partial charge in [-0.1, -0.05) is 20.8 Å². The summed E-state index contributed by atoms with van der Waals surface area (Å²) in [5.41, 5.74) is 1.84. The van der Waals surface area contributed by atoms with Crippen LogP contribution in [0.15, 0.2) is 12.4 Å². The first-order valence-corrected chi connectivity index (χ1v) is 6.84. The molecule has 1 aliphatic rings. The van der Waals surface area contributed by atoms with E-state index in [0.29, 0.717) is 11.5 Å². The maximum Gasteiger partial charge on any atom is 0.0534 e. The smallest absolute Gasteiger partial charge is 0.0534 e. The van der Waals surface area contributed by atoms with Crippen LogP contribution in [0.5, 0.6) is 0 Å². The zero-order valence-corrected chi connectivity index (χ0v) is 11.4. The molecule has 0 bridgehead atoms. The molecule has 2 rings (SSSR count). The minimum atomic E-state index is 0.532. The number of nitrogens with zero attached hydrogens (tertiary/aromatic N) is 2. The van der Waals surface area contributed by atoms with Crippen LogP contribution in [0.25, 0.3) is 0 Å². The van der Waals surface area contributed by atoms with Gasteiger partial charge in [-0.2, -0.15) is 5.10 Å². The second-order valence-electron chi connectivity index (χ2n) is 6.10. The van der Waals surface area contributed by atoms with Crippen molar-refractivity contribution in [1.29, 1.82) is 0 Å². The lowest BCUT2D eigenvalue weighted by molar-refractivity contribution is 0.364. The highest BCUT2D eigenvalue weighted by Crippen LogP contribution is 2.36. The topological polar surface area (TPSA) is 29.9 Å². The van der Waals surface area contributed by atoms with Crippen LogP contribution in [0.4, 0.5) is 0 Å². The van der Waals surface area contributed by atoms with E-state index in [1.165, 1.54) is 24.8 Å². The van der Waals surface area contributed by atoms with Crippen LogP contribution in [0, 0.1) is 5.41 Å². The molecule has 0 amide bonds. The molecule has 0 spiro atoms.